The summed E-state index contributed by atoms with van der Waals surface area (Å²) in [5.74, 6) is 0.487. The Labute approximate surface area is 204 Å². The van der Waals surface area contributed by atoms with Gasteiger partial charge in [0.15, 0.2) is 18.2 Å². The minimum Gasteiger partial charge on any atom is -0.340 e. The van der Waals surface area contributed by atoms with Crippen molar-refractivity contribution in [2.24, 2.45) is 4.99 Å². The number of piperazine rings is 1. The molecule has 0 bridgehead atoms. The van der Waals surface area contributed by atoms with E-state index in [0.717, 1.165) is 54.8 Å². The number of carbonyl (C=O) groups is 2. The molecule has 0 spiro atoms. The lowest BCUT2D eigenvalue weighted by Crippen LogP contribution is -2.64. The molecule has 2 atom stereocenters. The molecule has 2 fully saturated rings. The molecule has 3 heterocycles. The normalized spacial score (nSPS) is 23.1. The number of hydrogen-bond acceptors (Lipinski definition) is 6. The van der Waals surface area contributed by atoms with Gasteiger partial charge in [-0.3, -0.25) is 15.0 Å². The first-order chi connectivity index (χ1) is 16.4. The Hall–Kier alpha value is -3.10. The van der Waals surface area contributed by atoms with Crippen LogP contribution in [-0.2, 0) is 17.9 Å². The Morgan fingerprint density at radius 3 is 2.41 bits per heavy atom. The Morgan fingerprint density at radius 1 is 1.00 bits per heavy atom. The molecular formula is C25H29ClN6O2. The van der Waals surface area contributed by atoms with E-state index in [1.807, 2.05) is 18.2 Å². The van der Waals surface area contributed by atoms with Crippen LogP contribution in [0.25, 0.3) is 0 Å². The molecule has 5 rings (SSSR count). The molecule has 0 aromatic heterocycles. The van der Waals surface area contributed by atoms with E-state index in [0.29, 0.717) is 6.54 Å². The summed E-state index contributed by atoms with van der Waals surface area (Å²) in [6, 6.07) is 15.3. The molecule has 0 radical (unpaired) electrons. The molecule has 2 aromatic rings. The van der Waals surface area contributed by atoms with E-state index >= 15 is 0 Å². The van der Waals surface area contributed by atoms with E-state index in [1.165, 1.54) is 10.5 Å². The third-order valence-corrected chi connectivity index (χ3v) is 7.19. The Kier molecular flexibility index (Phi) is 6.18. The molecular weight excluding hydrogens is 452 g/mol. The first-order valence-electron chi connectivity index (χ1n) is 11.6. The summed E-state index contributed by atoms with van der Waals surface area (Å²) >= 11 is 6.36. The molecule has 9 heteroatoms. The van der Waals surface area contributed by atoms with Crippen LogP contribution in [0.2, 0.25) is 5.02 Å². The Bertz CT molecular complexity index is 1110. The van der Waals surface area contributed by atoms with Crippen molar-refractivity contribution < 1.29 is 9.59 Å². The minimum atomic E-state index is -0.542. The number of likely N-dealkylation sites (N-methyl/N-ethyl adjacent to an activating group) is 1. The van der Waals surface area contributed by atoms with E-state index in [-0.39, 0.29) is 5.91 Å². The second-order valence-corrected chi connectivity index (χ2v) is 9.57. The van der Waals surface area contributed by atoms with Gasteiger partial charge in [0.2, 0.25) is 0 Å². The van der Waals surface area contributed by atoms with Gasteiger partial charge in [0.05, 0.1) is 0 Å². The molecule has 3 aliphatic heterocycles. The van der Waals surface area contributed by atoms with E-state index in [4.69, 9.17) is 16.6 Å². The maximum Gasteiger partial charge on any atom is 0.325 e. The summed E-state index contributed by atoms with van der Waals surface area (Å²) in [6.07, 6.45) is -0.525. The molecule has 34 heavy (non-hydrogen) atoms. The van der Waals surface area contributed by atoms with Gasteiger partial charge in [-0.25, -0.2) is 9.79 Å². The highest BCUT2D eigenvalue weighted by Gasteiger charge is 2.49. The molecule has 178 valence electrons. The largest absolute Gasteiger partial charge is 0.340 e. The predicted molar refractivity (Wildman–Crippen MR) is 131 cm³/mol. The van der Waals surface area contributed by atoms with E-state index in [9.17, 15) is 9.59 Å². The van der Waals surface area contributed by atoms with Crippen LogP contribution in [0.4, 0.5) is 4.79 Å². The number of hydrogen-bond donors (Lipinski definition) is 1. The third-order valence-electron chi connectivity index (χ3n) is 6.82. The number of fused-ring (bicyclic) bond motifs is 1. The van der Waals surface area contributed by atoms with Gasteiger partial charge in [-0.2, -0.15) is 0 Å². The zero-order chi connectivity index (χ0) is 23.8. The summed E-state index contributed by atoms with van der Waals surface area (Å²) in [5.41, 5.74) is 3.41. The van der Waals surface area contributed by atoms with Gasteiger partial charge in [-0.05, 0) is 24.1 Å². The van der Waals surface area contributed by atoms with Gasteiger partial charge in [0.1, 0.15) is 0 Å². The highest BCUT2D eigenvalue weighted by Crippen LogP contribution is 2.28. The monoisotopic (exact) mass is 480 g/mol. The maximum absolute atomic E-state index is 12.9. The smallest absolute Gasteiger partial charge is 0.325 e. The second kappa shape index (κ2) is 9.27. The molecule has 0 aliphatic carbocycles. The van der Waals surface area contributed by atoms with Crippen molar-refractivity contribution >= 4 is 29.5 Å². The highest BCUT2D eigenvalue weighted by atomic mass is 35.5. The zero-order valence-electron chi connectivity index (χ0n) is 19.4. The summed E-state index contributed by atoms with van der Waals surface area (Å²) in [5, 5.41) is 3.27. The number of rotatable bonds is 4. The number of aryl methyl sites for hydroxylation is 1. The quantitative estimate of drug-likeness (QED) is 0.728. The van der Waals surface area contributed by atoms with Crippen LogP contribution in [0.15, 0.2) is 53.5 Å². The van der Waals surface area contributed by atoms with Crippen LogP contribution in [0, 0.1) is 6.92 Å². The number of urea groups is 1. The van der Waals surface area contributed by atoms with Gasteiger partial charge in [0.25, 0.3) is 5.91 Å². The summed E-state index contributed by atoms with van der Waals surface area (Å²) < 4.78 is 0. The number of carbonyl (C=O) groups excluding carboxylic acids is 2. The summed E-state index contributed by atoms with van der Waals surface area (Å²) in [4.78, 5) is 38.2. The highest BCUT2D eigenvalue weighted by molar-refractivity contribution is 6.31. The van der Waals surface area contributed by atoms with Gasteiger partial charge >= 0.3 is 6.03 Å². The van der Waals surface area contributed by atoms with Crippen LogP contribution in [-0.4, -0.2) is 82.9 Å². The lowest BCUT2D eigenvalue weighted by molar-refractivity contribution is -0.127. The SMILES string of the molecule is Cc1ccc(CN2C(N3CCN(Cc4ccccc4Cl)CC3)=NC3C2C(=O)NC(=O)N3C)cc1. The van der Waals surface area contributed by atoms with Gasteiger partial charge < -0.3 is 14.7 Å². The molecule has 3 aliphatic rings. The molecule has 3 amide bonds. The first-order valence-corrected chi connectivity index (χ1v) is 12.0. The van der Waals surface area contributed by atoms with Crippen LogP contribution in [0.5, 0.6) is 0 Å². The van der Waals surface area contributed by atoms with E-state index < -0.39 is 18.2 Å². The molecule has 2 saturated heterocycles. The number of nitrogens with one attached hydrogen (secondary N) is 1. The van der Waals surface area contributed by atoms with Gasteiger partial charge in [-0.1, -0.05) is 59.6 Å². The van der Waals surface area contributed by atoms with Crippen LogP contribution in [0.3, 0.4) is 0 Å². The summed E-state index contributed by atoms with van der Waals surface area (Å²) in [6.45, 7) is 6.70. The Morgan fingerprint density at radius 2 is 1.71 bits per heavy atom. The number of imide groups is 1. The third kappa shape index (κ3) is 4.35. The Balaban J connectivity index is 1.35. The second-order valence-electron chi connectivity index (χ2n) is 9.16. The van der Waals surface area contributed by atoms with Crippen molar-refractivity contribution in [3.8, 4) is 0 Å². The van der Waals surface area contributed by atoms with E-state index in [1.54, 1.807) is 7.05 Å². The van der Waals surface area contributed by atoms with Crippen molar-refractivity contribution in [3.63, 3.8) is 0 Å². The van der Waals surface area contributed by atoms with Gasteiger partial charge in [0, 0.05) is 51.3 Å². The van der Waals surface area contributed by atoms with E-state index in [2.05, 4.69) is 57.3 Å². The molecule has 1 N–H and O–H groups in total. The van der Waals surface area contributed by atoms with Crippen molar-refractivity contribution in [2.45, 2.75) is 32.2 Å². The van der Waals surface area contributed by atoms with Crippen LogP contribution < -0.4 is 5.32 Å². The number of aliphatic imine (C=N–C) groups is 1. The first kappa shape index (κ1) is 22.7. The number of amides is 3. The molecule has 2 unspecified atom stereocenters. The van der Waals surface area contributed by atoms with Crippen molar-refractivity contribution in [2.75, 3.05) is 33.2 Å². The van der Waals surface area contributed by atoms with Crippen molar-refractivity contribution in [1.29, 1.82) is 0 Å². The van der Waals surface area contributed by atoms with Crippen molar-refractivity contribution in [1.82, 2.24) is 24.9 Å². The average Bonchev–Trinajstić information content (AvgIpc) is 3.21. The fourth-order valence-corrected chi connectivity index (χ4v) is 5.00. The van der Waals surface area contributed by atoms with Crippen molar-refractivity contribution in [3.05, 3.63) is 70.2 Å². The predicted octanol–water partition coefficient (Wildman–Crippen LogP) is 2.51. The zero-order valence-corrected chi connectivity index (χ0v) is 20.2. The fraction of sp³-hybridized carbons (Fsp3) is 0.400. The standard InChI is InChI=1S/C25H29ClN6O2/c1-17-7-9-18(10-8-17)15-32-21-22(29(2)25(34)28-23(21)33)27-24(32)31-13-11-30(12-14-31)16-19-5-3-4-6-20(19)26/h3-10,21-22H,11-16H2,1-2H3,(H,28,33,34). The number of guanidine groups is 1. The number of nitrogens with zero attached hydrogens (tertiary/aromatic N) is 5. The van der Waals surface area contributed by atoms with Crippen LogP contribution >= 0.6 is 11.6 Å². The van der Waals surface area contributed by atoms with Gasteiger partial charge in [-0.15, -0.1) is 0 Å². The molecule has 8 nitrogen and oxygen atoms in total. The lowest BCUT2D eigenvalue weighted by Gasteiger charge is -2.40. The lowest BCUT2D eigenvalue weighted by atomic mass is 10.1. The summed E-state index contributed by atoms with van der Waals surface area (Å²) in [7, 11) is 1.69. The molecule has 0 saturated carbocycles. The average molecular weight is 481 g/mol. The fourth-order valence-electron chi connectivity index (χ4n) is 4.81. The molecule has 2 aromatic carbocycles. The van der Waals surface area contributed by atoms with Crippen LogP contribution in [0.1, 0.15) is 16.7 Å². The minimum absolute atomic E-state index is 0.295. The maximum atomic E-state index is 12.9. The number of halogens is 1. The number of benzene rings is 2. The topological polar surface area (TPSA) is 71.5 Å².